The summed E-state index contributed by atoms with van der Waals surface area (Å²) in [6.45, 7) is 0. The van der Waals surface area contributed by atoms with Gasteiger partial charge in [0.25, 0.3) is 0 Å². The molecule has 1 rings (SSSR count). The summed E-state index contributed by atoms with van der Waals surface area (Å²) < 4.78 is 0. The average molecular weight is 375 g/mol. The standard InChI is InChI=1S/C13H21N5O4S2/c14-9(1-7-2-16-6-17-7)11(20)13(22,12(21)10(15)5-24)18-8(3-19)4-23/h2-3,6,8-10,18,22-24H,1,4-5,14-15H2,(H,16,17)/t8-,9-,10-,13-/m0/s1. The number of imidazole rings is 1. The van der Waals surface area contributed by atoms with Crippen LogP contribution in [-0.4, -0.2) is 68.3 Å². The molecule has 0 spiro atoms. The lowest BCUT2D eigenvalue weighted by atomic mass is 9.91. The molecular formula is C13H21N5O4S2. The molecule has 7 N–H and O–H groups in total. The fourth-order valence-electron chi connectivity index (χ4n) is 2.00. The van der Waals surface area contributed by atoms with Crippen LogP contribution in [-0.2, 0) is 20.8 Å². The molecule has 0 saturated heterocycles. The quantitative estimate of drug-likeness (QED) is 0.0961. The van der Waals surface area contributed by atoms with Crippen LogP contribution in [0.4, 0.5) is 0 Å². The predicted octanol–water partition coefficient (Wildman–Crippen LogP) is -2.55. The first-order valence-electron chi connectivity index (χ1n) is 7.04. The molecule has 0 bridgehead atoms. The van der Waals surface area contributed by atoms with Crippen LogP contribution in [0.15, 0.2) is 12.5 Å². The monoisotopic (exact) mass is 375 g/mol. The molecule has 24 heavy (non-hydrogen) atoms. The van der Waals surface area contributed by atoms with Gasteiger partial charge in [-0.05, 0) is 0 Å². The Balaban J connectivity index is 3.07. The number of nitrogens with two attached hydrogens (primary N) is 2. The van der Waals surface area contributed by atoms with E-state index in [0.717, 1.165) is 0 Å². The van der Waals surface area contributed by atoms with E-state index in [0.29, 0.717) is 12.0 Å². The molecule has 0 amide bonds. The lowest BCUT2D eigenvalue weighted by molar-refractivity contribution is -0.157. The van der Waals surface area contributed by atoms with E-state index in [9.17, 15) is 19.5 Å². The van der Waals surface area contributed by atoms with E-state index in [1.165, 1.54) is 12.5 Å². The Morgan fingerprint density at radius 3 is 2.42 bits per heavy atom. The first-order valence-corrected chi connectivity index (χ1v) is 8.30. The first kappa shape index (κ1) is 20.8. The normalized spacial score (nSPS) is 17.5. The summed E-state index contributed by atoms with van der Waals surface area (Å²) in [6.07, 6.45) is 3.30. The van der Waals surface area contributed by atoms with Gasteiger partial charge in [0.2, 0.25) is 17.3 Å². The van der Waals surface area contributed by atoms with Crippen LogP contribution in [0, 0.1) is 0 Å². The van der Waals surface area contributed by atoms with Crippen LogP contribution in [0.2, 0.25) is 0 Å². The van der Waals surface area contributed by atoms with E-state index in [1.54, 1.807) is 0 Å². The number of aliphatic hydroxyl groups is 1. The van der Waals surface area contributed by atoms with Crippen LogP contribution >= 0.6 is 25.3 Å². The summed E-state index contributed by atoms with van der Waals surface area (Å²) in [5, 5.41) is 13.0. The number of H-pyrrole nitrogens is 1. The lowest BCUT2D eigenvalue weighted by Crippen LogP contribution is -2.69. The van der Waals surface area contributed by atoms with Gasteiger partial charge < -0.3 is 26.4 Å². The van der Waals surface area contributed by atoms with Crippen molar-refractivity contribution in [1.82, 2.24) is 15.3 Å². The summed E-state index contributed by atoms with van der Waals surface area (Å²) in [6, 6.07) is -3.50. The van der Waals surface area contributed by atoms with Crippen molar-refractivity contribution in [3.8, 4) is 0 Å². The number of Topliss-reactive ketones (excluding diaryl/α,β-unsaturated/α-hetero) is 2. The molecule has 0 unspecified atom stereocenters. The molecule has 0 saturated carbocycles. The summed E-state index contributed by atoms with van der Waals surface area (Å²) in [7, 11) is 0. The van der Waals surface area contributed by atoms with E-state index < -0.39 is 35.4 Å². The maximum Gasteiger partial charge on any atom is 0.240 e. The Labute approximate surface area is 149 Å². The molecule has 1 heterocycles. The van der Waals surface area contributed by atoms with Crippen LogP contribution in [0.25, 0.3) is 0 Å². The van der Waals surface area contributed by atoms with Gasteiger partial charge in [0.05, 0.1) is 24.5 Å². The molecular weight excluding hydrogens is 354 g/mol. The van der Waals surface area contributed by atoms with Crippen molar-refractivity contribution in [2.75, 3.05) is 11.5 Å². The van der Waals surface area contributed by atoms with E-state index in [4.69, 9.17) is 11.5 Å². The molecule has 4 atom stereocenters. The molecule has 0 aliphatic rings. The van der Waals surface area contributed by atoms with Gasteiger partial charge in [-0.2, -0.15) is 25.3 Å². The smallest absolute Gasteiger partial charge is 0.240 e. The largest absolute Gasteiger partial charge is 0.363 e. The van der Waals surface area contributed by atoms with Crippen molar-refractivity contribution in [1.29, 1.82) is 0 Å². The maximum absolute atomic E-state index is 12.6. The molecule has 0 aliphatic carbocycles. The number of hydrogen-bond acceptors (Lipinski definition) is 10. The highest BCUT2D eigenvalue weighted by atomic mass is 32.1. The minimum absolute atomic E-state index is 0.0127. The van der Waals surface area contributed by atoms with E-state index in [-0.39, 0.29) is 17.9 Å². The molecule has 0 aromatic carbocycles. The highest BCUT2D eigenvalue weighted by Crippen LogP contribution is 2.13. The third kappa shape index (κ3) is 4.88. The van der Waals surface area contributed by atoms with Gasteiger partial charge >= 0.3 is 0 Å². The summed E-state index contributed by atoms with van der Waals surface area (Å²) in [4.78, 5) is 42.5. The molecule has 0 fully saturated rings. The van der Waals surface area contributed by atoms with Crippen LogP contribution in [0.5, 0.6) is 0 Å². The van der Waals surface area contributed by atoms with Gasteiger partial charge in [0.1, 0.15) is 6.29 Å². The maximum atomic E-state index is 12.6. The van der Waals surface area contributed by atoms with Crippen LogP contribution < -0.4 is 16.8 Å². The third-order valence-corrected chi connectivity index (χ3v) is 4.12. The first-order chi connectivity index (χ1) is 11.3. The second-order valence-corrected chi connectivity index (χ2v) is 5.92. The number of aldehydes is 1. The minimum atomic E-state index is -2.71. The lowest BCUT2D eigenvalue weighted by Gasteiger charge is -2.32. The molecule has 0 aliphatic heterocycles. The third-order valence-electron chi connectivity index (χ3n) is 3.33. The van der Waals surface area contributed by atoms with Crippen molar-refractivity contribution in [2.24, 2.45) is 11.5 Å². The zero-order valence-electron chi connectivity index (χ0n) is 12.8. The van der Waals surface area contributed by atoms with Crippen molar-refractivity contribution in [2.45, 2.75) is 30.3 Å². The summed E-state index contributed by atoms with van der Waals surface area (Å²) in [5.41, 5.74) is 9.24. The fraction of sp³-hybridized carbons (Fsp3) is 0.538. The number of aromatic amines is 1. The molecule has 11 heteroatoms. The Bertz CT molecular complexity index is 571. The van der Waals surface area contributed by atoms with Crippen molar-refractivity contribution in [3.05, 3.63) is 18.2 Å². The van der Waals surface area contributed by atoms with Crippen molar-refractivity contribution >= 4 is 43.1 Å². The molecule has 1 aromatic rings. The Morgan fingerprint density at radius 2 is 1.96 bits per heavy atom. The number of nitrogens with one attached hydrogen (secondary N) is 2. The van der Waals surface area contributed by atoms with Crippen molar-refractivity contribution < 1.29 is 19.5 Å². The highest BCUT2D eigenvalue weighted by Gasteiger charge is 2.48. The predicted molar refractivity (Wildman–Crippen MR) is 93.9 cm³/mol. The SMILES string of the molecule is N[C@@H](CS)C(=O)[C@](O)(N[C@@H](C=O)CS)C(=O)[C@@H](N)Cc1cnc[nH]1. The average Bonchev–Trinajstić information content (AvgIpc) is 3.10. The van der Waals surface area contributed by atoms with Crippen LogP contribution in [0.1, 0.15) is 5.69 Å². The molecule has 0 radical (unpaired) electrons. The molecule has 134 valence electrons. The summed E-state index contributed by atoms with van der Waals surface area (Å²) in [5.74, 6) is -2.17. The van der Waals surface area contributed by atoms with Gasteiger partial charge in [0.15, 0.2) is 0 Å². The Kier molecular flexibility index (Phi) is 8.06. The minimum Gasteiger partial charge on any atom is -0.363 e. The number of nitrogens with zero attached hydrogens (tertiary/aromatic N) is 1. The number of carbonyl (C=O) groups is 3. The number of rotatable bonds is 11. The number of carbonyl (C=O) groups excluding carboxylic acids is 3. The van der Waals surface area contributed by atoms with E-state index >= 15 is 0 Å². The van der Waals surface area contributed by atoms with Crippen molar-refractivity contribution in [3.63, 3.8) is 0 Å². The van der Waals surface area contributed by atoms with Gasteiger partial charge in [-0.1, -0.05) is 0 Å². The second-order valence-electron chi connectivity index (χ2n) is 5.18. The van der Waals surface area contributed by atoms with Gasteiger partial charge in [-0.15, -0.1) is 0 Å². The van der Waals surface area contributed by atoms with Crippen LogP contribution in [0.3, 0.4) is 0 Å². The summed E-state index contributed by atoms with van der Waals surface area (Å²) >= 11 is 7.81. The van der Waals surface area contributed by atoms with Gasteiger partial charge in [0, 0.05) is 29.8 Å². The fourth-order valence-corrected chi connectivity index (χ4v) is 2.34. The van der Waals surface area contributed by atoms with E-state index in [1.807, 2.05) is 0 Å². The van der Waals surface area contributed by atoms with Gasteiger partial charge in [-0.25, -0.2) is 4.98 Å². The number of ketones is 2. The Morgan fingerprint density at radius 1 is 1.33 bits per heavy atom. The number of aromatic nitrogens is 2. The van der Waals surface area contributed by atoms with E-state index in [2.05, 4.69) is 40.5 Å². The Hall–Kier alpha value is -1.24. The number of thiol groups is 2. The zero-order valence-corrected chi connectivity index (χ0v) is 14.5. The molecule has 1 aromatic heterocycles. The number of hydrogen-bond donors (Lipinski definition) is 7. The highest BCUT2D eigenvalue weighted by molar-refractivity contribution is 7.80. The zero-order chi connectivity index (χ0) is 18.3. The second kappa shape index (κ2) is 9.30. The topological polar surface area (TPSA) is 164 Å². The molecule has 9 nitrogen and oxygen atoms in total. The van der Waals surface area contributed by atoms with Gasteiger partial charge in [-0.3, -0.25) is 14.9 Å².